The van der Waals surface area contributed by atoms with Crippen LogP contribution in [0.5, 0.6) is 0 Å². The van der Waals surface area contributed by atoms with Crippen molar-refractivity contribution >= 4 is 29.3 Å². The molecule has 0 fully saturated rings. The summed E-state index contributed by atoms with van der Waals surface area (Å²) >= 11 is 4.35. The second kappa shape index (κ2) is 3.17. The third-order valence-corrected chi connectivity index (χ3v) is 2.95. The Kier molecular flexibility index (Phi) is 2.11. The van der Waals surface area contributed by atoms with Crippen molar-refractivity contribution in [3.8, 4) is 0 Å². The molecule has 0 saturated carbocycles. The minimum Gasteiger partial charge on any atom is -0.338 e. The molecule has 0 atom stereocenters. The Morgan fingerprint density at radius 1 is 1.36 bits per heavy atom. The second-order valence-electron chi connectivity index (χ2n) is 3.33. The van der Waals surface area contributed by atoms with Gasteiger partial charge < -0.3 is 4.57 Å². The minimum atomic E-state index is 0.0619. The zero-order chi connectivity index (χ0) is 10.3. The summed E-state index contributed by atoms with van der Waals surface area (Å²) in [7, 11) is 1.91. The molecule has 1 heterocycles. The van der Waals surface area contributed by atoms with Gasteiger partial charge in [0.25, 0.3) is 0 Å². The zero-order valence-corrected chi connectivity index (χ0v) is 9.01. The van der Waals surface area contributed by atoms with Gasteiger partial charge in [-0.05, 0) is 13.0 Å². The highest BCUT2D eigenvalue weighted by atomic mass is 32.1. The molecule has 0 unspecified atom stereocenters. The maximum atomic E-state index is 11.4. The first-order chi connectivity index (χ1) is 6.63. The van der Waals surface area contributed by atoms with Gasteiger partial charge >= 0.3 is 0 Å². The normalized spacial score (nSPS) is 10.8. The predicted octanol–water partition coefficient (Wildman–Crippen LogP) is 2.67. The van der Waals surface area contributed by atoms with Crippen molar-refractivity contribution in [1.82, 2.24) is 4.57 Å². The first-order valence-electron chi connectivity index (χ1n) is 4.40. The number of carbonyl (C=O) groups excluding carboxylic acids is 1. The van der Waals surface area contributed by atoms with Crippen molar-refractivity contribution in [1.29, 1.82) is 0 Å². The SMILES string of the molecule is CC(=O)c1c(S)n(C)c2ccccc12. The number of ketones is 1. The van der Waals surface area contributed by atoms with Crippen LogP contribution in [-0.4, -0.2) is 10.4 Å². The molecule has 2 aromatic rings. The van der Waals surface area contributed by atoms with Crippen molar-refractivity contribution in [3.05, 3.63) is 29.8 Å². The van der Waals surface area contributed by atoms with E-state index < -0.39 is 0 Å². The number of Topliss-reactive ketones (excluding diaryl/α,β-unsaturated/α-hetero) is 1. The van der Waals surface area contributed by atoms with Gasteiger partial charge in [-0.3, -0.25) is 4.79 Å². The van der Waals surface area contributed by atoms with Crippen LogP contribution in [0.25, 0.3) is 10.9 Å². The number of thiol groups is 1. The molecule has 0 aliphatic carbocycles. The molecule has 72 valence electrons. The molecule has 0 saturated heterocycles. The average molecular weight is 205 g/mol. The van der Waals surface area contributed by atoms with Crippen molar-refractivity contribution in [3.63, 3.8) is 0 Å². The molecule has 0 amide bonds. The lowest BCUT2D eigenvalue weighted by Crippen LogP contribution is -1.93. The molecule has 2 nitrogen and oxygen atoms in total. The first-order valence-corrected chi connectivity index (χ1v) is 4.85. The van der Waals surface area contributed by atoms with E-state index in [1.807, 2.05) is 35.9 Å². The molecule has 0 bridgehead atoms. The van der Waals surface area contributed by atoms with Gasteiger partial charge in [-0.1, -0.05) is 18.2 Å². The highest BCUT2D eigenvalue weighted by molar-refractivity contribution is 7.80. The lowest BCUT2D eigenvalue weighted by Gasteiger charge is -1.96. The van der Waals surface area contributed by atoms with Gasteiger partial charge in [-0.25, -0.2) is 0 Å². The molecular formula is C11H11NOS. The van der Waals surface area contributed by atoms with Crippen LogP contribution in [0, 0.1) is 0 Å². The number of aryl methyl sites for hydroxylation is 1. The Balaban J connectivity index is 2.95. The smallest absolute Gasteiger partial charge is 0.163 e. The van der Waals surface area contributed by atoms with E-state index in [9.17, 15) is 4.79 Å². The highest BCUT2D eigenvalue weighted by Crippen LogP contribution is 2.27. The van der Waals surface area contributed by atoms with Crippen molar-refractivity contribution in [2.24, 2.45) is 7.05 Å². The molecule has 0 spiro atoms. The standard InChI is InChI=1S/C11H11NOS/c1-7(13)10-8-5-3-4-6-9(8)12(2)11(10)14/h3-6,14H,1-2H3. The van der Waals surface area contributed by atoms with Crippen molar-refractivity contribution < 1.29 is 4.79 Å². The summed E-state index contributed by atoms with van der Waals surface area (Å²) in [4.78, 5) is 11.4. The Morgan fingerprint density at radius 3 is 2.64 bits per heavy atom. The molecule has 3 heteroatoms. The molecule has 0 radical (unpaired) electrons. The van der Waals surface area contributed by atoms with E-state index in [2.05, 4.69) is 12.6 Å². The maximum absolute atomic E-state index is 11.4. The fourth-order valence-corrected chi connectivity index (χ4v) is 2.11. The topological polar surface area (TPSA) is 22.0 Å². The molecule has 0 N–H and O–H groups in total. The molecule has 1 aromatic carbocycles. The Hall–Kier alpha value is -1.22. The van der Waals surface area contributed by atoms with Gasteiger partial charge in [-0.15, -0.1) is 12.6 Å². The quantitative estimate of drug-likeness (QED) is 0.561. The van der Waals surface area contributed by atoms with Gasteiger partial charge in [0.05, 0.1) is 10.6 Å². The van der Waals surface area contributed by atoms with Crippen LogP contribution < -0.4 is 0 Å². The summed E-state index contributed by atoms with van der Waals surface area (Å²) < 4.78 is 1.93. The highest BCUT2D eigenvalue weighted by Gasteiger charge is 2.14. The third-order valence-electron chi connectivity index (χ3n) is 2.43. The molecule has 1 aromatic heterocycles. The molecular weight excluding hydrogens is 194 g/mol. The van der Waals surface area contributed by atoms with Gasteiger partial charge in [0, 0.05) is 18.0 Å². The van der Waals surface area contributed by atoms with Gasteiger partial charge in [0.1, 0.15) is 0 Å². The van der Waals surface area contributed by atoms with E-state index in [-0.39, 0.29) is 5.78 Å². The monoisotopic (exact) mass is 205 g/mol. The first kappa shape index (κ1) is 9.34. The Bertz CT molecular complexity index is 513. The number of benzene rings is 1. The van der Waals surface area contributed by atoms with E-state index in [1.165, 1.54) is 0 Å². The Morgan fingerprint density at radius 2 is 2.00 bits per heavy atom. The number of carbonyl (C=O) groups is 1. The summed E-state index contributed by atoms with van der Waals surface area (Å²) in [5, 5.41) is 1.71. The number of nitrogens with zero attached hydrogens (tertiary/aromatic N) is 1. The predicted molar refractivity (Wildman–Crippen MR) is 60.2 cm³/mol. The largest absolute Gasteiger partial charge is 0.338 e. The molecule has 0 aliphatic rings. The summed E-state index contributed by atoms with van der Waals surface area (Å²) in [6.07, 6.45) is 0. The maximum Gasteiger partial charge on any atom is 0.163 e. The van der Waals surface area contributed by atoms with Gasteiger partial charge in [0.2, 0.25) is 0 Å². The van der Waals surface area contributed by atoms with Gasteiger partial charge in [-0.2, -0.15) is 0 Å². The number of rotatable bonds is 1. The third kappa shape index (κ3) is 1.16. The summed E-state index contributed by atoms with van der Waals surface area (Å²) in [6, 6.07) is 7.83. The number of aromatic nitrogens is 1. The second-order valence-corrected chi connectivity index (χ2v) is 3.75. The van der Waals surface area contributed by atoms with Crippen LogP contribution >= 0.6 is 12.6 Å². The number of hydrogen-bond donors (Lipinski definition) is 1. The van der Waals surface area contributed by atoms with E-state index in [0.717, 1.165) is 15.9 Å². The summed E-state index contributed by atoms with van der Waals surface area (Å²) in [5.74, 6) is 0.0619. The Labute approximate surface area is 87.9 Å². The van der Waals surface area contributed by atoms with Crippen molar-refractivity contribution in [2.75, 3.05) is 0 Å². The van der Waals surface area contributed by atoms with Crippen molar-refractivity contribution in [2.45, 2.75) is 11.9 Å². The zero-order valence-electron chi connectivity index (χ0n) is 8.11. The van der Waals surface area contributed by atoms with Crippen LogP contribution in [0.15, 0.2) is 29.3 Å². The lowest BCUT2D eigenvalue weighted by molar-refractivity contribution is 0.101. The van der Waals surface area contributed by atoms with Crippen LogP contribution in [0.4, 0.5) is 0 Å². The average Bonchev–Trinajstić information content (AvgIpc) is 2.41. The summed E-state index contributed by atoms with van der Waals surface area (Å²) in [5.41, 5.74) is 1.76. The molecule has 2 rings (SSSR count). The van der Waals surface area contributed by atoms with E-state index in [0.29, 0.717) is 5.56 Å². The van der Waals surface area contributed by atoms with Crippen LogP contribution in [0.2, 0.25) is 0 Å². The fraction of sp³-hybridized carbons (Fsp3) is 0.182. The number of fused-ring (bicyclic) bond motifs is 1. The minimum absolute atomic E-state index is 0.0619. The summed E-state index contributed by atoms with van der Waals surface area (Å²) in [6.45, 7) is 1.57. The van der Waals surface area contributed by atoms with Crippen LogP contribution in [0.3, 0.4) is 0 Å². The van der Waals surface area contributed by atoms with Crippen LogP contribution in [-0.2, 0) is 7.05 Å². The molecule has 14 heavy (non-hydrogen) atoms. The van der Waals surface area contributed by atoms with E-state index in [4.69, 9.17) is 0 Å². The van der Waals surface area contributed by atoms with E-state index >= 15 is 0 Å². The lowest BCUT2D eigenvalue weighted by atomic mass is 10.1. The number of hydrogen-bond acceptors (Lipinski definition) is 2. The fourth-order valence-electron chi connectivity index (χ4n) is 1.73. The van der Waals surface area contributed by atoms with Crippen LogP contribution in [0.1, 0.15) is 17.3 Å². The van der Waals surface area contributed by atoms with Gasteiger partial charge in [0.15, 0.2) is 5.78 Å². The number of para-hydroxylation sites is 1. The molecule has 0 aliphatic heterocycles. The van der Waals surface area contributed by atoms with E-state index in [1.54, 1.807) is 6.92 Å².